The summed E-state index contributed by atoms with van der Waals surface area (Å²) >= 11 is 0. The van der Waals surface area contributed by atoms with Crippen LogP contribution in [0.5, 0.6) is 5.75 Å². The smallest absolute Gasteiger partial charge is 0.317 e. The molecule has 0 saturated carbocycles. The van der Waals surface area contributed by atoms with Gasteiger partial charge in [0.25, 0.3) is 0 Å². The molecule has 1 saturated heterocycles. The van der Waals surface area contributed by atoms with Crippen molar-refractivity contribution in [3.05, 3.63) is 42.2 Å². The van der Waals surface area contributed by atoms with E-state index in [1.807, 2.05) is 30.1 Å². The van der Waals surface area contributed by atoms with Crippen LogP contribution in [0.25, 0.3) is 0 Å². The number of carbonyl (C=O) groups is 1. The lowest BCUT2D eigenvalue weighted by Gasteiger charge is -2.36. The number of rotatable bonds is 4. The van der Waals surface area contributed by atoms with Crippen molar-refractivity contribution in [2.75, 3.05) is 38.2 Å². The highest BCUT2D eigenvalue weighted by Crippen LogP contribution is 2.20. The number of nitrogens with zero attached hydrogens (tertiary/aromatic N) is 4. The van der Waals surface area contributed by atoms with Gasteiger partial charge in [0.15, 0.2) is 0 Å². The highest BCUT2D eigenvalue weighted by molar-refractivity contribution is 5.74. The van der Waals surface area contributed by atoms with Crippen LogP contribution >= 0.6 is 0 Å². The molecule has 1 aromatic carbocycles. The minimum absolute atomic E-state index is 0.0226. The predicted molar refractivity (Wildman–Crippen MR) is 92.2 cm³/mol. The monoisotopic (exact) mass is 329 g/mol. The van der Waals surface area contributed by atoms with Crippen molar-refractivity contribution in [2.24, 2.45) is 7.05 Å². The molecule has 0 radical (unpaired) electrons. The van der Waals surface area contributed by atoms with E-state index in [0.29, 0.717) is 19.6 Å². The summed E-state index contributed by atoms with van der Waals surface area (Å²) in [4.78, 5) is 16.4. The Hall–Kier alpha value is -2.70. The normalized spacial score (nSPS) is 14.6. The molecule has 0 aliphatic carbocycles. The number of aromatic nitrogens is 2. The third-order valence-corrected chi connectivity index (χ3v) is 4.35. The number of urea groups is 1. The van der Waals surface area contributed by atoms with Gasteiger partial charge in [-0.2, -0.15) is 5.10 Å². The summed E-state index contributed by atoms with van der Waals surface area (Å²) < 4.78 is 6.95. The average Bonchev–Trinajstić information content (AvgIpc) is 3.05. The van der Waals surface area contributed by atoms with Gasteiger partial charge in [0.2, 0.25) is 0 Å². The van der Waals surface area contributed by atoms with Crippen LogP contribution in [0.1, 0.15) is 5.69 Å². The molecule has 0 spiro atoms. The first-order chi connectivity index (χ1) is 11.7. The van der Waals surface area contributed by atoms with Crippen LogP contribution in [0.3, 0.4) is 0 Å². The molecule has 2 amide bonds. The van der Waals surface area contributed by atoms with Gasteiger partial charge in [0, 0.05) is 45.1 Å². The second-order valence-corrected chi connectivity index (χ2v) is 5.78. The minimum atomic E-state index is -0.0226. The SMILES string of the molecule is COc1ccc(N2CCN(C(=O)NCc3ccnn3C)CC2)cc1. The van der Waals surface area contributed by atoms with Crippen LogP contribution in [0.2, 0.25) is 0 Å². The van der Waals surface area contributed by atoms with E-state index in [9.17, 15) is 4.79 Å². The first-order valence-electron chi connectivity index (χ1n) is 8.06. The van der Waals surface area contributed by atoms with Crippen LogP contribution < -0.4 is 15.0 Å². The average molecular weight is 329 g/mol. The number of ether oxygens (including phenoxy) is 1. The summed E-state index contributed by atoms with van der Waals surface area (Å²) in [5.41, 5.74) is 2.14. The van der Waals surface area contributed by atoms with Gasteiger partial charge in [-0.25, -0.2) is 4.79 Å². The maximum atomic E-state index is 12.3. The maximum absolute atomic E-state index is 12.3. The van der Waals surface area contributed by atoms with E-state index in [-0.39, 0.29) is 6.03 Å². The van der Waals surface area contributed by atoms with Crippen LogP contribution in [-0.2, 0) is 13.6 Å². The summed E-state index contributed by atoms with van der Waals surface area (Å²) in [6, 6.07) is 9.91. The van der Waals surface area contributed by atoms with Crippen molar-refractivity contribution in [2.45, 2.75) is 6.54 Å². The van der Waals surface area contributed by atoms with Gasteiger partial charge in [-0.05, 0) is 30.3 Å². The number of carbonyl (C=O) groups excluding carboxylic acids is 1. The highest BCUT2D eigenvalue weighted by atomic mass is 16.5. The number of piperazine rings is 1. The van der Waals surface area contributed by atoms with E-state index in [2.05, 4.69) is 27.4 Å². The Bertz CT molecular complexity index is 675. The van der Waals surface area contributed by atoms with Gasteiger partial charge in [0.1, 0.15) is 5.75 Å². The molecule has 2 heterocycles. The second-order valence-electron chi connectivity index (χ2n) is 5.78. The number of anilines is 1. The summed E-state index contributed by atoms with van der Waals surface area (Å²) in [7, 11) is 3.53. The Balaban J connectivity index is 1.49. The molecule has 128 valence electrons. The van der Waals surface area contributed by atoms with Gasteiger partial charge in [-0.3, -0.25) is 4.68 Å². The van der Waals surface area contributed by atoms with E-state index in [4.69, 9.17) is 4.74 Å². The Labute approximate surface area is 141 Å². The van der Waals surface area contributed by atoms with Crippen molar-refractivity contribution in [3.8, 4) is 5.75 Å². The van der Waals surface area contributed by atoms with Crippen molar-refractivity contribution in [3.63, 3.8) is 0 Å². The largest absolute Gasteiger partial charge is 0.497 e. The van der Waals surface area contributed by atoms with Crippen LogP contribution in [0.15, 0.2) is 36.5 Å². The standard InChI is InChI=1S/C17H23N5O2/c1-20-15(7-8-19-20)13-18-17(23)22-11-9-21(10-12-22)14-3-5-16(24-2)6-4-14/h3-8H,9-13H2,1-2H3,(H,18,23). The van der Waals surface area contributed by atoms with Crippen LogP contribution in [0, 0.1) is 0 Å². The number of benzene rings is 1. The van der Waals surface area contributed by atoms with Gasteiger partial charge >= 0.3 is 6.03 Å². The lowest BCUT2D eigenvalue weighted by atomic mass is 10.2. The molecular weight excluding hydrogens is 306 g/mol. The molecule has 1 aliphatic heterocycles. The highest BCUT2D eigenvalue weighted by Gasteiger charge is 2.21. The quantitative estimate of drug-likeness (QED) is 0.922. The molecular formula is C17H23N5O2. The lowest BCUT2D eigenvalue weighted by molar-refractivity contribution is 0.193. The Morgan fingerprint density at radius 2 is 1.88 bits per heavy atom. The van der Waals surface area contributed by atoms with Crippen molar-refractivity contribution in [1.29, 1.82) is 0 Å². The van der Waals surface area contributed by atoms with Crippen molar-refractivity contribution in [1.82, 2.24) is 20.0 Å². The number of nitrogens with one attached hydrogen (secondary N) is 1. The van der Waals surface area contributed by atoms with E-state index < -0.39 is 0 Å². The minimum Gasteiger partial charge on any atom is -0.497 e. The fraction of sp³-hybridized carbons (Fsp3) is 0.412. The molecule has 0 unspecified atom stereocenters. The van der Waals surface area contributed by atoms with E-state index in [1.54, 1.807) is 18.0 Å². The molecule has 7 nitrogen and oxygen atoms in total. The number of methoxy groups -OCH3 is 1. The Kier molecular flexibility index (Phi) is 4.88. The lowest BCUT2D eigenvalue weighted by Crippen LogP contribution is -2.51. The molecule has 1 N–H and O–H groups in total. The van der Waals surface area contributed by atoms with Gasteiger partial charge < -0.3 is 19.9 Å². The molecule has 3 rings (SSSR count). The van der Waals surface area contributed by atoms with Crippen molar-refractivity contribution >= 4 is 11.7 Å². The Morgan fingerprint density at radius 3 is 2.46 bits per heavy atom. The zero-order valence-electron chi connectivity index (χ0n) is 14.1. The third kappa shape index (κ3) is 3.61. The van der Waals surface area contributed by atoms with Gasteiger partial charge in [-0.15, -0.1) is 0 Å². The van der Waals surface area contributed by atoms with Crippen molar-refractivity contribution < 1.29 is 9.53 Å². The molecule has 1 fully saturated rings. The number of hydrogen-bond donors (Lipinski definition) is 1. The molecule has 1 aromatic heterocycles. The fourth-order valence-electron chi connectivity index (χ4n) is 2.81. The zero-order valence-corrected chi connectivity index (χ0v) is 14.1. The summed E-state index contributed by atoms with van der Waals surface area (Å²) in [5, 5.41) is 7.06. The first kappa shape index (κ1) is 16.2. The molecule has 1 aliphatic rings. The summed E-state index contributed by atoms with van der Waals surface area (Å²) in [6.45, 7) is 3.57. The molecule has 7 heteroatoms. The summed E-state index contributed by atoms with van der Waals surface area (Å²) in [5.74, 6) is 0.854. The van der Waals surface area contributed by atoms with Gasteiger partial charge in [-0.1, -0.05) is 0 Å². The fourth-order valence-corrected chi connectivity index (χ4v) is 2.81. The molecule has 0 atom stereocenters. The second kappa shape index (κ2) is 7.25. The number of aryl methyl sites for hydroxylation is 1. The number of hydrogen-bond acceptors (Lipinski definition) is 4. The maximum Gasteiger partial charge on any atom is 0.317 e. The zero-order chi connectivity index (χ0) is 16.9. The first-order valence-corrected chi connectivity index (χ1v) is 8.06. The summed E-state index contributed by atoms with van der Waals surface area (Å²) in [6.07, 6.45) is 1.73. The molecule has 0 bridgehead atoms. The van der Waals surface area contributed by atoms with E-state index in [0.717, 1.165) is 30.2 Å². The van der Waals surface area contributed by atoms with Gasteiger partial charge in [0.05, 0.1) is 19.3 Å². The third-order valence-electron chi connectivity index (χ3n) is 4.35. The topological polar surface area (TPSA) is 62.6 Å². The van der Waals surface area contributed by atoms with E-state index >= 15 is 0 Å². The molecule has 2 aromatic rings. The predicted octanol–water partition coefficient (Wildman–Crippen LogP) is 1.46. The van der Waals surface area contributed by atoms with E-state index in [1.165, 1.54) is 0 Å². The molecule has 24 heavy (non-hydrogen) atoms. The number of amides is 2. The van der Waals surface area contributed by atoms with Crippen LogP contribution in [-0.4, -0.2) is 54.0 Å². The van der Waals surface area contributed by atoms with Crippen LogP contribution in [0.4, 0.5) is 10.5 Å². The Morgan fingerprint density at radius 1 is 1.17 bits per heavy atom.